The van der Waals surface area contributed by atoms with Gasteiger partial charge in [0.1, 0.15) is 24.0 Å². The molecule has 10 heteroatoms. The van der Waals surface area contributed by atoms with Crippen molar-refractivity contribution >= 4 is 22.9 Å². The summed E-state index contributed by atoms with van der Waals surface area (Å²) in [5.41, 5.74) is 2.15. The maximum absolute atomic E-state index is 13.1. The summed E-state index contributed by atoms with van der Waals surface area (Å²) in [7, 11) is 0. The number of rotatable bonds is 6. The molecule has 0 radical (unpaired) electrons. The van der Waals surface area contributed by atoms with Gasteiger partial charge in [0.15, 0.2) is 17.0 Å². The first-order valence-electron chi connectivity index (χ1n) is 10.8. The van der Waals surface area contributed by atoms with Crippen molar-refractivity contribution in [3.63, 3.8) is 0 Å². The Morgan fingerprint density at radius 2 is 1.97 bits per heavy atom. The molecule has 1 atom stereocenters. The minimum absolute atomic E-state index is 0.0573. The predicted molar refractivity (Wildman–Crippen MR) is 116 cm³/mol. The van der Waals surface area contributed by atoms with E-state index in [9.17, 15) is 4.79 Å². The average molecular weight is 425 g/mol. The molecule has 164 valence electrons. The van der Waals surface area contributed by atoms with Crippen LogP contribution in [-0.4, -0.2) is 72.6 Å². The molecule has 0 saturated carbocycles. The van der Waals surface area contributed by atoms with Gasteiger partial charge in [0.25, 0.3) is 0 Å². The Bertz CT molecular complexity index is 1040. The van der Waals surface area contributed by atoms with E-state index in [2.05, 4.69) is 25.3 Å². The van der Waals surface area contributed by atoms with E-state index in [1.54, 1.807) is 12.4 Å². The van der Waals surface area contributed by atoms with Crippen LogP contribution in [0.2, 0.25) is 0 Å². The van der Waals surface area contributed by atoms with E-state index in [-0.39, 0.29) is 5.91 Å². The third-order valence-electron chi connectivity index (χ3n) is 5.44. The number of aromatic nitrogens is 6. The first kappa shape index (κ1) is 21.1. The highest BCUT2D eigenvalue weighted by molar-refractivity contribution is 5.90. The van der Waals surface area contributed by atoms with Gasteiger partial charge in [0.2, 0.25) is 5.91 Å². The highest BCUT2D eigenvalue weighted by Gasteiger charge is 2.26. The lowest BCUT2D eigenvalue weighted by Gasteiger charge is -2.26. The number of carbonyl (C=O) groups excluding carboxylic acids is 1. The monoisotopic (exact) mass is 424 g/mol. The number of imidazole rings is 1. The van der Waals surface area contributed by atoms with Crippen LogP contribution in [0, 0.1) is 6.92 Å². The lowest BCUT2D eigenvalue weighted by Crippen LogP contribution is -2.44. The Morgan fingerprint density at radius 1 is 1.16 bits per heavy atom. The van der Waals surface area contributed by atoms with Crippen LogP contribution in [0.15, 0.2) is 18.7 Å². The molecule has 0 spiro atoms. The number of hydrogen-bond donors (Lipinski definition) is 1. The Kier molecular flexibility index (Phi) is 6.36. The number of fused-ring (bicyclic) bond motifs is 1. The zero-order chi connectivity index (χ0) is 21.8. The van der Waals surface area contributed by atoms with E-state index in [0.717, 1.165) is 17.8 Å². The van der Waals surface area contributed by atoms with E-state index < -0.39 is 6.04 Å². The number of ether oxygens (including phenoxy) is 1. The summed E-state index contributed by atoms with van der Waals surface area (Å²) < 4.78 is 7.49. The zero-order valence-electron chi connectivity index (χ0n) is 18.2. The molecule has 1 aliphatic rings. The summed E-state index contributed by atoms with van der Waals surface area (Å²) in [5, 5.41) is 3.32. The van der Waals surface area contributed by atoms with Gasteiger partial charge < -0.3 is 19.5 Å². The normalized spacial score (nSPS) is 15.6. The Morgan fingerprint density at radius 3 is 2.71 bits per heavy atom. The predicted octanol–water partition coefficient (Wildman–Crippen LogP) is 2.05. The first-order valence-corrected chi connectivity index (χ1v) is 10.8. The molecule has 3 aromatic heterocycles. The first-order chi connectivity index (χ1) is 15.1. The van der Waals surface area contributed by atoms with Crippen LogP contribution < -0.4 is 5.32 Å². The number of aryl methyl sites for hydroxylation is 2. The Hall–Kier alpha value is -3.14. The Balaban J connectivity index is 1.67. The highest BCUT2D eigenvalue weighted by Crippen LogP contribution is 2.27. The topological polar surface area (TPSA) is 111 Å². The van der Waals surface area contributed by atoms with Crippen molar-refractivity contribution in [2.24, 2.45) is 0 Å². The SMILES string of the molecule is CCC(Nc1ncnc2c1nc(-c1cnc(C)nc1)n2CC)C(=O)N1CCCOCC1. The zero-order valence-corrected chi connectivity index (χ0v) is 18.2. The summed E-state index contributed by atoms with van der Waals surface area (Å²) in [6.07, 6.45) is 6.51. The average Bonchev–Trinajstić information content (AvgIpc) is 2.96. The van der Waals surface area contributed by atoms with E-state index in [4.69, 9.17) is 9.72 Å². The number of hydrogen-bond acceptors (Lipinski definition) is 8. The van der Waals surface area contributed by atoms with Crippen LogP contribution in [0.1, 0.15) is 32.5 Å². The van der Waals surface area contributed by atoms with Crippen LogP contribution >= 0.6 is 0 Å². The van der Waals surface area contributed by atoms with Crippen molar-refractivity contribution in [1.29, 1.82) is 0 Å². The van der Waals surface area contributed by atoms with Crippen LogP contribution in [0.3, 0.4) is 0 Å². The van der Waals surface area contributed by atoms with Gasteiger partial charge in [-0.1, -0.05) is 6.92 Å². The van der Waals surface area contributed by atoms with Crippen molar-refractivity contribution in [1.82, 2.24) is 34.4 Å². The van der Waals surface area contributed by atoms with Crippen LogP contribution in [0.5, 0.6) is 0 Å². The molecule has 1 aliphatic heterocycles. The van der Waals surface area contributed by atoms with Crippen LogP contribution in [0.25, 0.3) is 22.6 Å². The van der Waals surface area contributed by atoms with Gasteiger partial charge in [-0.2, -0.15) is 0 Å². The van der Waals surface area contributed by atoms with Gasteiger partial charge in [-0.05, 0) is 26.7 Å². The minimum atomic E-state index is -0.394. The van der Waals surface area contributed by atoms with E-state index >= 15 is 0 Å². The molecule has 1 fully saturated rings. The standard InChI is InChI=1S/C21H28N8O2/c1-4-16(21(30)28-7-6-9-31-10-8-28)26-18-17-20(25-13-24-18)29(5-2)19(27-17)15-11-22-14(3)23-12-15/h11-13,16H,4-10H2,1-3H3,(H,24,25,26). The Labute approximate surface area is 181 Å². The molecule has 1 unspecified atom stereocenters. The molecule has 1 saturated heterocycles. The summed E-state index contributed by atoms with van der Waals surface area (Å²) in [4.78, 5) is 37.3. The van der Waals surface area contributed by atoms with Crippen LogP contribution in [0.4, 0.5) is 5.82 Å². The third-order valence-corrected chi connectivity index (χ3v) is 5.44. The molecule has 10 nitrogen and oxygen atoms in total. The van der Waals surface area contributed by atoms with Gasteiger partial charge in [-0.25, -0.2) is 24.9 Å². The maximum atomic E-state index is 13.1. The second kappa shape index (κ2) is 9.34. The molecule has 0 aliphatic carbocycles. The van der Waals surface area contributed by atoms with Gasteiger partial charge in [-0.3, -0.25) is 4.79 Å². The fourth-order valence-electron chi connectivity index (χ4n) is 3.76. The molecule has 1 N–H and O–H groups in total. The van der Waals surface area contributed by atoms with E-state index in [1.165, 1.54) is 6.33 Å². The number of amides is 1. The molecule has 3 aromatic rings. The summed E-state index contributed by atoms with van der Waals surface area (Å²) in [5.74, 6) is 2.04. The van der Waals surface area contributed by atoms with Gasteiger partial charge >= 0.3 is 0 Å². The van der Waals surface area contributed by atoms with Crippen molar-refractivity contribution in [3.8, 4) is 11.4 Å². The maximum Gasteiger partial charge on any atom is 0.245 e. The van der Waals surface area contributed by atoms with E-state index in [0.29, 0.717) is 62.1 Å². The number of carbonyl (C=O) groups is 1. The van der Waals surface area contributed by atoms with Gasteiger partial charge in [0.05, 0.1) is 12.2 Å². The summed E-state index contributed by atoms with van der Waals surface area (Å²) in [6.45, 7) is 9.13. The summed E-state index contributed by atoms with van der Waals surface area (Å²) >= 11 is 0. The van der Waals surface area contributed by atoms with Crippen molar-refractivity contribution in [2.75, 3.05) is 31.6 Å². The second-order valence-corrected chi connectivity index (χ2v) is 7.49. The largest absolute Gasteiger partial charge is 0.380 e. The molecular formula is C21H28N8O2. The fraction of sp³-hybridized carbons (Fsp3) is 0.524. The number of anilines is 1. The third kappa shape index (κ3) is 4.34. The lowest BCUT2D eigenvalue weighted by molar-refractivity contribution is -0.132. The molecule has 0 aromatic carbocycles. The van der Waals surface area contributed by atoms with Crippen LogP contribution in [-0.2, 0) is 16.1 Å². The molecule has 4 rings (SSSR count). The second-order valence-electron chi connectivity index (χ2n) is 7.49. The van der Waals surface area contributed by atoms with Crippen molar-refractivity contribution in [2.45, 2.75) is 46.2 Å². The van der Waals surface area contributed by atoms with Crippen molar-refractivity contribution < 1.29 is 9.53 Å². The molecular weight excluding hydrogens is 396 g/mol. The molecule has 4 heterocycles. The number of nitrogens with one attached hydrogen (secondary N) is 1. The molecule has 31 heavy (non-hydrogen) atoms. The van der Waals surface area contributed by atoms with Gasteiger partial charge in [-0.15, -0.1) is 0 Å². The fourth-order valence-corrected chi connectivity index (χ4v) is 3.76. The minimum Gasteiger partial charge on any atom is -0.380 e. The lowest BCUT2D eigenvalue weighted by atomic mass is 10.2. The molecule has 0 bridgehead atoms. The van der Waals surface area contributed by atoms with E-state index in [1.807, 2.05) is 30.2 Å². The van der Waals surface area contributed by atoms with Crippen molar-refractivity contribution in [3.05, 3.63) is 24.5 Å². The molecule has 1 amide bonds. The van der Waals surface area contributed by atoms with Gasteiger partial charge in [0, 0.05) is 38.6 Å². The smallest absolute Gasteiger partial charge is 0.245 e. The quantitative estimate of drug-likeness (QED) is 0.640. The number of nitrogens with zero attached hydrogens (tertiary/aromatic N) is 7. The highest BCUT2D eigenvalue weighted by atomic mass is 16.5. The summed E-state index contributed by atoms with van der Waals surface area (Å²) in [6, 6.07) is -0.394.